The van der Waals surface area contributed by atoms with Crippen LogP contribution >= 0.6 is 0 Å². The summed E-state index contributed by atoms with van der Waals surface area (Å²) in [7, 11) is 1.36. The number of nitrogen functional groups attached to an aromatic ring is 1. The number of nitrogens with one attached hydrogen (secondary N) is 1. The second-order valence-corrected chi connectivity index (χ2v) is 3.51. The van der Waals surface area contributed by atoms with E-state index in [0.29, 0.717) is 0 Å². The van der Waals surface area contributed by atoms with E-state index in [9.17, 15) is 13.2 Å². The van der Waals surface area contributed by atoms with Crippen molar-refractivity contribution in [3.63, 3.8) is 0 Å². The van der Waals surface area contributed by atoms with E-state index in [1.54, 1.807) is 0 Å². The van der Waals surface area contributed by atoms with Gasteiger partial charge in [0.15, 0.2) is 5.82 Å². The molecule has 0 aliphatic rings. The Morgan fingerprint density at radius 2 is 2.12 bits per heavy atom. The Kier molecular flexibility index (Phi) is 3.97. The molecule has 1 unspecified atom stereocenters. The van der Waals surface area contributed by atoms with Crippen LogP contribution in [-0.2, 0) is 0 Å². The van der Waals surface area contributed by atoms with E-state index >= 15 is 0 Å². The highest BCUT2D eigenvalue weighted by Gasteiger charge is 2.30. The maximum absolute atomic E-state index is 12.1. The number of nitrogens with two attached hydrogens (primary N) is 1. The molecule has 1 aromatic heterocycles. The van der Waals surface area contributed by atoms with Crippen molar-refractivity contribution in [2.24, 2.45) is 0 Å². The van der Waals surface area contributed by atoms with Crippen molar-refractivity contribution in [1.29, 1.82) is 0 Å². The lowest BCUT2D eigenvalue weighted by molar-refractivity contribution is -0.136. The van der Waals surface area contributed by atoms with Gasteiger partial charge in [0.25, 0.3) is 0 Å². The van der Waals surface area contributed by atoms with Gasteiger partial charge in [0.2, 0.25) is 5.88 Å². The zero-order valence-electron chi connectivity index (χ0n) is 9.38. The van der Waals surface area contributed by atoms with Crippen molar-refractivity contribution in [3.8, 4) is 5.88 Å². The number of halogens is 3. The van der Waals surface area contributed by atoms with E-state index < -0.39 is 18.6 Å². The summed E-state index contributed by atoms with van der Waals surface area (Å²) in [5, 5.41) is 2.57. The number of anilines is 2. The number of hydrogen-bond donors (Lipinski definition) is 2. The molecule has 0 radical (unpaired) electrons. The summed E-state index contributed by atoms with van der Waals surface area (Å²) in [4.78, 5) is 7.48. The zero-order chi connectivity index (χ0) is 13.1. The van der Waals surface area contributed by atoms with E-state index in [0.717, 1.165) is 6.33 Å². The minimum atomic E-state index is -4.24. The summed E-state index contributed by atoms with van der Waals surface area (Å²) in [6, 6.07) is -0.836. The molecule has 0 fully saturated rings. The third-order valence-electron chi connectivity index (χ3n) is 1.96. The third-order valence-corrected chi connectivity index (χ3v) is 1.96. The summed E-state index contributed by atoms with van der Waals surface area (Å²) in [6.07, 6.45) is -4.05. The molecule has 0 bridgehead atoms. The van der Waals surface area contributed by atoms with Crippen molar-refractivity contribution in [1.82, 2.24) is 9.97 Å². The summed E-state index contributed by atoms with van der Waals surface area (Å²) in [5.74, 6) is 0.260. The molecule has 0 aromatic carbocycles. The molecular formula is C9H13F3N4O. The molecule has 1 aromatic rings. The molecule has 96 valence electrons. The fourth-order valence-corrected chi connectivity index (χ4v) is 1.29. The van der Waals surface area contributed by atoms with Gasteiger partial charge in [-0.15, -0.1) is 0 Å². The van der Waals surface area contributed by atoms with E-state index in [2.05, 4.69) is 15.3 Å². The molecule has 5 nitrogen and oxygen atoms in total. The van der Waals surface area contributed by atoms with Crippen LogP contribution in [0, 0.1) is 0 Å². The molecular weight excluding hydrogens is 237 g/mol. The van der Waals surface area contributed by atoms with Gasteiger partial charge in [-0.1, -0.05) is 0 Å². The monoisotopic (exact) mass is 250 g/mol. The first-order valence-corrected chi connectivity index (χ1v) is 4.81. The fraction of sp³-hybridized carbons (Fsp3) is 0.556. The zero-order valence-corrected chi connectivity index (χ0v) is 9.38. The second kappa shape index (κ2) is 5.07. The van der Waals surface area contributed by atoms with E-state index in [4.69, 9.17) is 10.5 Å². The summed E-state index contributed by atoms with van der Waals surface area (Å²) < 4.78 is 41.2. The number of hydrogen-bond acceptors (Lipinski definition) is 5. The van der Waals surface area contributed by atoms with Crippen molar-refractivity contribution < 1.29 is 17.9 Å². The van der Waals surface area contributed by atoms with Crippen molar-refractivity contribution in [2.75, 3.05) is 18.2 Å². The minimum Gasteiger partial charge on any atom is -0.479 e. The molecule has 1 atom stereocenters. The van der Waals surface area contributed by atoms with Crippen LogP contribution in [-0.4, -0.2) is 29.3 Å². The van der Waals surface area contributed by atoms with Gasteiger partial charge in [-0.05, 0) is 6.92 Å². The van der Waals surface area contributed by atoms with Gasteiger partial charge in [-0.2, -0.15) is 18.2 Å². The number of rotatable bonds is 4. The van der Waals surface area contributed by atoms with Crippen LogP contribution in [0.2, 0.25) is 0 Å². The molecule has 8 heteroatoms. The lowest BCUT2D eigenvalue weighted by atomic mass is 10.2. The van der Waals surface area contributed by atoms with Gasteiger partial charge in [0.05, 0.1) is 13.5 Å². The molecule has 0 saturated carbocycles. The second-order valence-electron chi connectivity index (χ2n) is 3.51. The van der Waals surface area contributed by atoms with Crippen LogP contribution < -0.4 is 15.8 Å². The van der Waals surface area contributed by atoms with Crippen LogP contribution in [0.5, 0.6) is 5.88 Å². The Morgan fingerprint density at radius 3 is 2.65 bits per heavy atom. The van der Waals surface area contributed by atoms with Crippen LogP contribution in [0.4, 0.5) is 24.7 Å². The molecule has 0 aliphatic heterocycles. The van der Waals surface area contributed by atoms with Crippen molar-refractivity contribution in [3.05, 3.63) is 6.33 Å². The Morgan fingerprint density at radius 1 is 1.47 bits per heavy atom. The van der Waals surface area contributed by atoms with Crippen molar-refractivity contribution in [2.45, 2.75) is 25.6 Å². The number of methoxy groups -OCH3 is 1. The first-order chi connectivity index (χ1) is 7.83. The molecule has 1 rings (SSSR count). The number of nitrogens with zero attached hydrogens (tertiary/aromatic N) is 2. The molecule has 3 N–H and O–H groups in total. The molecule has 0 saturated heterocycles. The predicted octanol–water partition coefficient (Wildman–Crippen LogP) is 1.82. The highest BCUT2D eigenvalue weighted by Crippen LogP contribution is 2.27. The Balaban J connectivity index is 2.75. The van der Waals surface area contributed by atoms with E-state index in [1.165, 1.54) is 14.0 Å². The maximum Gasteiger partial charge on any atom is 0.391 e. The van der Waals surface area contributed by atoms with Crippen molar-refractivity contribution >= 4 is 11.5 Å². The summed E-state index contributed by atoms with van der Waals surface area (Å²) in [5.41, 5.74) is 5.70. The topological polar surface area (TPSA) is 73.1 Å². The molecule has 17 heavy (non-hydrogen) atoms. The lowest BCUT2D eigenvalue weighted by Gasteiger charge is -2.17. The van der Waals surface area contributed by atoms with Crippen LogP contribution in [0.25, 0.3) is 0 Å². The average molecular weight is 250 g/mol. The van der Waals surface area contributed by atoms with Gasteiger partial charge in [0, 0.05) is 6.04 Å². The van der Waals surface area contributed by atoms with Crippen LogP contribution in [0.3, 0.4) is 0 Å². The normalized spacial score (nSPS) is 13.2. The van der Waals surface area contributed by atoms with Gasteiger partial charge in [-0.3, -0.25) is 0 Å². The summed E-state index contributed by atoms with van der Waals surface area (Å²) >= 11 is 0. The largest absolute Gasteiger partial charge is 0.479 e. The Bertz CT molecular complexity index is 383. The third kappa shape index (κ3) is 3.97. The van der Waals surface area contributed by atoms with E-state index in [-0.39, 0.29) is 17.4 Å². The van der Waals surface area contributed by atoms with E-state index in [1.807, 2.05) is 0 Å². The lowest BCUT2D eigenvalue weighted by Crippen LogP contribution is -2.25. The molecule has 1 heterocycles. The quantitative estimate of drug-likeness (QED) is 0.852. The predicted molar refractivity (Wildman–Crippen MR) is 56.8 cm³/mol. The standard InChI is InChI=1S/C9H13F3N4O/c1-5(3-9(10,11)12)16-7-6(13)8(17-2)15-4-14-7/h4-5H,3,13H2,1-2H3,(H,14,15,16). The van der Waals surface area contributed by atoms with Gasteiger partial charge < -0.3 is 15.8 Å². The minimum absolute atomic E-state index is 0.0871. The first-order valence-electron chi connectivity index (χ1n) is 4.81. The molecule has 0 spiro atoms. The average Bonchev–Trinajstić information content (AvgIpc) is 2.18. The smallest absolute Gasteiger partial charge is 0.391 e. The fourth-order valence-electron chi connectivity index (χ4n) is 1.29. The van der Waals surface area contributed by atoms with Crippen LogP contribution in [0.15, 0.2) is 6.33 Å². The highest BCUT2D eigenvalue weighted by molar-refractivity contribution is 5.66. The maximum atomic E-state index is 12.1. The summed E-state index contributed by atoms with van der Waals surface area (Å²) in [6.45, 7) is 1.39. The molecule has 0 amide bonds. The van der Waals surface area contributed by atoms with Gasteiger partial charge in [0.1, 0.15) is 12.0 Å². The SMILES string of the molecule is COc1ncnc(NC(C)CC(F)(F)F)c1N. The van der Waals surface area contributed by atoms with Gasteiger partial charge in [-0.25, -0.2) is 4.98 Å². The number of ether oxygens (including phenoxy) is 1. The van der Waals surface area contributed by atoms with Crippen LogP contribution in [0.1, 0.15) is 13.3 Å². The molecule has 0 aliphatic carbocycles. The first kappa shape index (κ1) is 13.3. The highest BCUT2D eigenvalue weighted by atomic mass is 19.4. The Labute approximate surface area is 96.2 Å². The number of aromatic nitrogens is 2. The van der Waals surface area contributed by atoms with Gasteiger partial charge >= 0.3 is 6.18 Å². The number of alkyl halides is 3. The Hall–Kier alpha value is -1.73.